The Bertz CT molecular complexity index is 1260. The number of unbranched alkanes of at least 4 members (excludes halogenated alkanes) is 4. The number of pyridine rings is 2. The molecule has 0 saturated heterocycles. The molecule has 0 aliphatic carbocycles. The molecule has 0 amide bonds. The van der Waals surface area contributed by atoms with Crippen molar-refractivity contribution in [3.8, 4) is 5.69 Å². The van der Waals surface area contributed by atoms with Crippen molar-refractivity contribution >= 4 is 21.8 Å². The van der Waals surface area contributed by atoms with Crippen LogP contribution in [0.5, 0.6) is 0 Å². The molecule has 3 aromatic heterocycles. The van der Waals surface area contributed by atoms with Gasteiger partial charge in [-0.15, -0.1) is 0 Å². The number of rotatable bonds is 15. The van der Waals surface area contributed by atoms with Gasteiger partial charge in [0.25, 0.3) is 0 Å². The van der Waals surface area contributed by atoms with Crippen LogP contribution in [0.3, 0.4) is 0 Å². The SMILES string of the molecule is CCCCCC(C)(CCC)CC(c1ccc(-n2c3cnccc3c3ccncc32)cc1)C(C)(C)CCCCC. The normalized spacial score (nSPS) is 14.6. The summed E-state index contributed by atoms with van der Waals surface area (Å²) >= 11 is 0. The zero-order valence-corrected chi connectivity index (χ0v) is 25.5. The van der Waals surface area contributed by atoms with Gasteiger partial charge in [0.05, 0.1) is 23.4 Å². The van der Waals surface area contributed by atoms with Crippen molar-refractivity contribution in [1.82, 2.24) is 14.5 Å². The molecule has 3 heteroatoms. The quantitative estimate of drug-likeness (QED) is 0.144. The number of hydrogen-bond donors (Lipinski definition) is 0. The van der Waals surface area contributed by atoms with Gasteiger partial charge in [-0.2, -0.15) is 0 Å². The molecule has 0 bridgehead atoms. The van der Waals surface area contributed by atoms with E-state index < -0.39 is 0 Å². The number of nitrogens with zero attached hydrogens (tertiary/aromatic N) is 3. The van der Waals surface area contributed by atoms with Crippen molar-refractivity contribution in [2.24, 2.45) is 10.8 Å². The minimum atomic E-state index is 0.261. The molecule has 4 rings (SSSR count). The number of hydrogen-bond acceptors (Lipinski definition) is 2. The molecule has 4 aromatic rings. The summed E-state index contributed by atoms with van der Waals surface area (Å²) in [5.74, 6) is 0.545. The lowest BCUT2D eigenvalue weighted by atomic mass is 9.63. The molecule has 0 aliphatic heterocycles. The maximum atomic E-state index is 4.45. The molecule has 3 heterocycles. The summed E-state index contributed by atoms with van der Waals surface area (Å²) < 4.78 is 2.32. The van der Waals surface area contributed by atoms with Gasteiger partial charge >= 0.3 is 0 Å². The van der Waals surface area contributed by atoms with Crippen LogP contribution in [0.4, 0.5) is 0 Å². The molecule has 0 N–H and O–H groups in total. The van der Waals surface area contributed by atoms with E-state index in [9.17, 15) is 0 Å². The zero-order valence-electron chi connectivity index (χ0n) is 25.5. The molecule has 2 atom stereocenters. The third-order valence-electron chi connectivity index (χ3n) is 9.23. The first kappa shape index (κ1) is 29.3. The summed E-state index contributed by atoms with van der Waals surface area (Å²) in [7, 11) is 0. The minimum Gasteiger partial charge on any atom is -0.306 e. The second-order valence-electron chi connectivity index (χ2n) is 12.9. The number of fused-ring (bicyclic) bond motifs is 3. The molecule has 0 aliphatic rings. The molecule has 3 nitrogen and oxygen atoms in total. The molecule has 210 valence electrons. The van der Waals surface area contributed by atoms with Crippen LogP contribution in [0.25, 0.3) is 27.5 Å². The fourth-order valence-electron chi connectivity index (χ4n) is 6.93. The summed E-state index contributed by atoms with van der Waals surface area (Å²) in [6, 6.07) is 13.7. The summed E-state index contributed by atoms with van der Waals surface area (Å²) in [4.78, 5) is 8.91. The van der Waals surface area contributed by atoms with E-state index in [4.69, 9.17) is 0 Å². The van der Waals surface area contributed by atoms with Gasteiger partial charge < -0.3 is 4.57 Å². The predicted molar refractivity (Wildman–Crippen MR) is 169 cm³/mol. The second-order valence-corrected chi connectivity index (χ2v) is 12.9. The molecule has 0 radical (unpaired) electrons. The summed E-state index contributed by atoms with van der Waals surface area (Å²) in [6.07, 6.45) is 22.1. The molecule has 39 heavy (non-hydrogen) atoms. The van der Waals surface area contributed by atoms with Crippen LogP contribution in [0.15, 0.2) is 61.2 Å². The van der Waals surface area contributed by atoms with Crippen molar-refractivity contribution in [2.45, 2.75) is 118 Å². The van der Waals surface area contributed by atoms with E-state index in [-0.39, 0.29) is 5.41 Å². The molecule has 1 aromatic carbocycles. The Labute approximate surface area is 237 Å². The maximum absolute atomic E-state index is 4.45. The highest BCUT2D eigenvalue weighted by atomic mass is 15.0. The first-order chi connectivity index (χ1) is 18.8. The van der Waals surface area contributed by atoms with E-state index in [2.05, 4.69) is 92.5 Å². The average molecular weight is 526 g/mol. The van der Waals surface area contributed by atoms with E-state index in [1.54, 1.807) is 0 Å². The maximum Gasteiger partial charge on any atom is 0.0725 e. The van der Waals surface area contributed by atoms with Crippen molar-refractivity contribution in [1.29, 1.82) is 0 Å². The molecule has 2 unspecified atom stereocenters. The summed E-state index contributed by atoms with van der Waals surface area (Å²) in [5, 5.41) is 2.45. The topological polar surface area (TPSA) is 30.7 Å². The fourth-order valence-corrected chi connectivity index (χ4v) is 6.93. The lowest BCUT2D eigenvalue weighted by molar-refractivity contribution is 0.149. The zero-order chi connectivity index (χ0) is 27.9. The highest BCUT2D eigenvalue weighted by molar-refractivity contribution is 6.08. The Hall–Kier alpha value is -2.68. The fraction of sp³-hybridized carbons (Fsp3) is 0.556. The van der Waals surface area contributed by atoms with Crippen LogP contribution in [-0.4, -0.2) is 14.5 Å². The van der Waals surface area contributed by atoms with Crippen LogP contribution >= 0.6 is 0 Å². The first-order valence-electron chi connectivity index (χ1n) is 15.6. The van der Waals surface area contributed by atoms with Gasteiger partial charge in [-0.3, -0.25) is 9.97 Å². The Morgan fingerprint density at radius 2 is 1.23 bits per heavy atom. The number of aromatic nitrogens is 3. The highest BCUT2D eigenvalue weighted by Crippen LogP contribution is 2.49. The van der Waals surface area contributed by atoms with Gasteiger partial charge in [0, 0.05) is 28.9 Å². The minimum absolute atomic E-state index is 0.261. The van der Waals surface area contributed by atoms with Crippen LogP contribution in [0, 0.1) is 10.8 Å². The smallest absolute Gasteiger partial charge is 0.0725 e. The van der Waals surface area contributed by atoms with Crippen molar-refractivity contribution < 1.29 is 0 Å². The first-order valence-corrected chi connectivity index (χ1v) is 15.6. The van der Waals surface area contributed by atoms with E-state index in [1.807, 2.05) is 24.8 Å². The van der Waals surface area contributed by atoms with E-state index in [0.717, 1.165) is 11.0 Å². The monoisotopic (exact) mass is 525 g/mol. The highest BCUT2D eigenvalue weighted by Gasteiger charge is 2.36. The van der Waals surface area contributed by atoms with E-state index >= 15 is 0 Å². The molecular formula is C36H51N3. The van der Waals surface area contributed by atoms with Gasteiger partial charge in [-0.05, 0) is 72.3 Å². The van der Waals surface area contributed by atoms with E-state index in [0.29, 0.717) is 11.3 Å². The van der Waals surface area contributed by atoms with Crippen LogP contribution in [0.2, 0.25) is 0 Å². The van der Waals surface area contributed by atoms with Crippen molar-refractivity contribution in [3.05, 3.63) is 66.7 Å². The van der Waals surface area contributed by atoms with Gasteiger partial charge in [-0.25, -0.2) is 0 Å². The van der Waals surface area contributed by atoms with Gasteiger partial charge in [0.2, 0.25) is 0 Å². The van der Waals surface area contributed by atoms with Crippen molar-refractivity contribution in [2.75, 3.05) is 0 Å². The molecular weight excluding hydrogens is 474 g/mol. The van der Waals surface area contributed by atoms with Gasteiger partial charge in [0.1, 0.15) is 0 Å². The van der Waals surface area contributed by atoms with Crippen LogP contribution in [0.1, 0.15) is 124 Å². The van der Waals surface area contributed by atoms with Crippen molar-refractivity contribution in [3.63, 3.8) is 0 Å². The molecule has 0 spiro atoms. The molecule has 0 saturated carbocycles. The Morgan fingerprint density at radius 3 is 1.77 bits per heavy atom. The predicted octanol–water partition coefficient (Wildman–Crippen LogP) is 11.0. The van der Waals surface area contributed by atoms with Gasteiger partial charge in [0.15, 0.2) is 0 Å². The third kappa shape index (κ3) is 6.73. The molecule has 0 fully saturated rings. The Balaban J connectivity index is 1.72. The van der Waals surface area contributed by atoms with Gasteiger partial charge in [-0.1, -0.05) is 98.6 Å². The standard InChI is InChI=1S/C36H51N3/c1-7-10-12-21-35(4,5)32(25-36(6,20-9-3)22-13-11-8-2)28-14-16-29(17-15-28)39-33-26-37-23-18-30(33)31-19-24-38-27-34(31)39/h14-19,23-24,26-27,32H,7-13,20-22,25H2,1-6H3. The van der Waals surface area contributed by atoms with Crippen LogP contribution in [-0.2, 0) is 0 Å². The Kier molecular flexibility index (Phi) is 9.86. The lowest BCUT2D eigenvalue weighted by Gasteiger charge is -2.42. The second kappa shape index (κ2) is 13.1. The third-order valence-corrected chi connectivity index (χ3v) is 9.23. The Morgan fingerprint density at radius 1 is 0.667 bits per heavy atom. The summed E-state index contributed by atoms with van der Waals surface area (Å²) in [5.41, 5.74) is 5.60. The lowest BCUT2D eigenvalue weighted by Crippen LogP contribution is -2.29. The number of benzene rings is 1. The average Bonchev–Trinajstić information content (AvgIpc) is 3.27. The largest absolute Gasteiger partial charge is 0.306 e. The van der Waals surface area contributed by atoms with E-state index in [1.165, 1.54) is 92.7 Å². The van der Waals surface area contributed by atoms with Crippen LogP contribution < -0.4 is 0 Å². The summed E-state index contributed by atoms with van der Waals surface area (Å²) in [6.45, 7) is 14.6.